The second kappa shape index (κ2) is 11.7. The molecular weight excluding hydrogens is 468 g/mol. The third-order valence-electron chi connectivity index (χ3n) is 6.03. The predicted molar refractivity (Wildman–Crippen MR) is 144 cm³/mol. The minimum Gasteiger partial charge on any atom is -0.332 e. The average Bonchev–Trinajstić information content (AvgIpc) is 2.93. The zero-order chi connectivity index (χ0) is 25.4. The van der Waals surface area contributed by atoms with Crippen LogP contribution in [0, 0.1) is 0 Å². The van der Waals surface area contributed by atoms with E-state index in [-0.39, 0.29) is 17.3 Å². The minimum atomic E-state index is -3.96. The monoisotopic (exact) mass is 498 g/mol. The van der Waals surface area contributed by atoms with Gasteiger partial charge in [0.05, 0.1) is 10.6 Å². The molecule has 0 aliphatic carbocycles. The highest BCUT2D eigenvalue weighted by atomic mass is 32.2. The SMILES string of the molecule is CCc1ccc(N(CC(=O)N(Cc2ccccc2)Cc2ccccc2)S(=O)(=O)c2ccccc2)cc1. The summed E-state index contributed by atoms with van der Waals surface area (Å²) in [6, 6.07) is 35.0. The number of carbonyl (C=O) groups excluding carboxylic acids is 1. The molecule has 0 heterocycles. The van der Waals surface area contributed by atoms with E-state index in [1.165, 1.54) is 4.31 Å². The Kier molecular flexibility index (Phi) is 8.18. The second-order valence-corrected chi connectivity index (χ2v) is 10.4. The minimum absolute atomic E-state index is 0.148. The molecule has 5 nitrogen and oxygen atoms in total. The maximum Gasteiger partial charge on any atom is 0.264 e. The Morgan fingerprint density at radius 2 is 1.11 bits per heavy atom. The van der Waals surface area contributed by atoms with E-state index in [1.54, 1.807) is 47.4 Å². The summed E-state index contributed by atoms with van der Waals surface area (Å²) in [5, 5.41) is 0. The fourth-order valence-electron chi connectivity index (χ4n) is 4.00. The lowest BCUT2D eigenvalue weighted by atomic mass is 10.1. The molecule has 4 aromatic rings. The first-order valence-electron chi connectivity index (χ1n) is 12.0. The Balaban J connectivity index is 1.68. The Morgan fingerprint density at radius 3 is 1.58 bits per heavy atom. The molecule has 0 aliphatic heterocycles. The van der Waals surface area contributed by atoms with Gasteiger partial charge in [-0.2, -0.15) is 0 Å². The molecule has 4 rings (SSSR count). The molecule has 0 atom stereocenters. The van der Waals surface area contributed by atoms with E-state index < -0.39 is 10.0 Å². The van der Waals surface area contributed by atoms with Crippen LogP contribution in [0.3, 0.4) is 0 Å². The second-order valence-electron chi connectivity index (χ2n) is 8.57. The van der Waals surface area contributed by atoms with Gasteiger partial charge in [0, 0.05) is 13.1 Å². The molecule has 0 radical (unpaired) electrons. The van der Waals surface area contributed by atoms with Crippen LogP contribution < -0.4 is 4.31 Å². The normalized spacial score (nSPS) is 11.1. The summed E-state index contributed by atoms with van der Waals surface area (Å²) in [6.07, 6.45) is 0.840. The van der Waals surface area contributed by atoms with Crippen LogP contribution in [0.15, 0.2) is 120 Å². The van der Waals surface area contributed by atoms with Crippen molar-refractivity contribution in [1.29, 1.82) is 0 Å². The van der Waals surface area contributed by atoms with Crippen LogP contribution in [0.4, 0.5) is 5.69 Å². The van der Waals surface area contributed by atoms with Gasteiger partial charge in [-0.25, -0.2) is 8.42 Å². The van der Waals surface area contributed by atoms with E-state index in [4.69, 9.17) is 0 Å². The Labute approximate surface area is 213 Å². The van der Waals surface area contributed by atoms with Gasteiger partial charge in [-0.15, -0.1) is 0 Å². The van der Waals surface area contributed by atoms with Gasteiger partial charge >= 0.3 is 0 Å². The highest BCUT2D eigenvalue weighted by Crippen LogP contribution is 2.25. The maximum absolute atomic E-state index is 13.8. The van der Waals surface area contributed by atoms with Gasteiger partial charge < -0.3 is 4.90 Å². The number of nitrogens with zero attached hydrogens (tertiary/aromatic N) is 2. The third-order valence-corrected chi connectivity index (χ3v) is 7.82. The number of aryl methyl sites for hydroxylation is 1. The van der Waals surface area contributed by atoms with Crippen LogP contribution in [0.2, 0.25) is 0 Å². The van der Waals surface area contributed by atoms with Gasteiger partial charge in [-0.3, -0.25) is 9.10 Å². The molecule has 4 aromatic carbocycles. The smallest absolute Gasteiger partial charge is 0.264 e. The number of amides is 1. The van der Waals surface area contributed by atoms with E-state index >= 15 is 0 Å². The molecule has 0 aromatic heterocycles. The molecule has 0 saturated heterocycles. The van der Waals surface area contributed by atoms with Gasteiger partial charge in [-0.1, -0.05) is 97.9 Å². The number of hydrogen-bond acceptors (Lipinski definition) is 3. The zero-order valence-corrected chi connectivity index (χ0v) is 21.1. The van der Waals surface area contributed by atoms with Crippen molar-refractivity contribution in [3.63, 3.8) is 0 Å². The molecule has 0 bridgehead atoms. The highest BCUT2D eigenvalue weighted by Gasteiger charge is 2.29. The summed E-state index contributed by atoms with van der Waals surface area (Å²) in [5.74, 6) is -0.276. The fourth-order valence-corrected chi connectivity index (χ4v) is 5.43. The molecule has 0 aliphatic rings. The quantitative estimate of drug-likeness (QED) is 0.283. The largest absolute Gasteiger partial charge is 0.332 e. The molecule has 0 saturated carbocycles. The summed E-state index contributed by atoms with van der Waals surface area (Å²) in [5.41, 5.74) is 3.51. The lowest BCUT2D eigenvalue weighted by molar-refractivity contribution is -0.130. The predicted octanol–water partition coefficient (Wildman–Crippen LogP) is 5.67. The average molecular weight is 499 g/mol. The van der Waals surface area contributed by atoms with E-state index in [9.17, 15) is 13.2 Å². The maximum atomic E-state index is 13.8. The molecule has 1 amide bonds. The number of benzene rings is 4. The summed E-state index contributed by atoms with van der Waals surface area (Å²) in [6.45, 7) is 2.50. The first kappa shape index (κ1) is 25.2. The third kappa shape index (κ3) is 6.20. The van der Waals surface area contributed by atoms with E-state index in [2.05, 4.69) is 0 Å². The van der Waals surface area contributed by atoms with Gasteiger partial charge in [0.15, 0.2) is 0 Å². The number of anilines is 1. The molecule has 0 unspecified atom stereocenters. The van der Waals surface area contributed by atoms with Crippen LogP contribution in [-0.4, -0.2) is 25.8 Å². The van der Waals surface area contributed by atoms with Crippen LogP contribution in [0.1, 0.15) is 23.6 Å². The molecule has 184 valence electrons. The first-order chi connectivity index (χ1) is 17.5. The highest BCUT2D eigenvalue weighted by molar-refractivity contribution is 7.92. The van der Waals surface area contributed by atoms with Crippen molar-refractivity contribution in [2.75, 3.05) is 10.8 Å². The van der Waals surface area contributed by atoms with E-state index in [0.717, 1.165) is 23.1 Å². The van der Waals surface area contributed by atoms with Crippen LogP contribution in [-0.2, 0) is 34.3 Å². The lowest BCUT2D eigenvalue weighted by Crippen LogP contribution is -2.42. The summed E-state index contributed by atoms with van der Waals surface area (Å²) < 4.78 is 28.6. The van der Waals surface area contributed by atoms with E-state index in [0.29, 0.717) is 18.8 Å². The summed E-state index contributed by atoms with van der Waals surface area (Å²) >= 11 is 0. The topological polar surface area (TPSA) is 57.7 Å². The van der Waals surface area contributed by atoms with Crippen molar-refractivity contribution in [3.05, 3.63) is 132 Å². The number of hydrogen-bond donors (Lipinski definition) is 0. The van der Waals surface area contributed by atoms with Gasteiger partial charge in [0.1, 0.15) is 6.54 Å². The summed E-state index contributed by atoms with van der Waals surface area (Å²) in [7, 11) is -3.96. The molecule has 0 spiro atoms. The summed E-state index contributed by atoms with van der Waals surface area (Å²) in [4.78, 5) is 15.6. The van der Waals surface area contributed by atoms with Crippen LogP contribution in [0.25, 0.3) is 0 Å². The standard InChI is InChI=1S/C30H30N2O3S/c1-2-25-18-20-28(21-19-25)32(36(34,35)29-16-10-5-11-17-29)24-30(33)31(22-26-12-6-3-7-13-26)23-27-14-8-4-9-15-27/h3-21H,2,22-24H2,1H3. The Bertz CT molecular complexity index is 1320. The van der Waals surface area contributed by atoms with Crippen LogP contribution >= 0.6 is 0 Å². The Morgan fingerprint density at radius 1 is 0.639 bits per heavy atom. The van der Waals surface area contributed by atoms with Crippen molar-refractivity contribution in [2.45, 2.75) is 31.3 Å². The molecule has 6 heteroatoms. The number of sulfonamides is 1. The van der Waals surface area contributed by atoms with Crippen molar-refractivity contribution in [3.8, 4) is 0 Å². The fraction of sp³-hybridized carbons (Fsp3) is 0.167. The van der Waals surface area contributed by atoms with Gasteiger partial charge in [0.25, 0.3) is 10.0 Å². The lowest BCUT2D eigenvalue weighted by Gasteiger charge is -2.29. The molecule has 36 heavy (non-hydrogen) atoms. The number of carbonyl (C=O) groups is 1. The van der Waals surface area contributed by atoms with Gasteiger partial charge in [-0.05, 0) is 47.4 Å². The van der Waals surface area contributed by atoms with Crippen molar-refractivity contribution in [1.82, 2.24) is 4.90 Å². The van der Waals surface area contributed by atoms with E-state index in [1.807, 2.05) is 79.7 Å². The van der Waals surface area contributed by atoms with Gasteiger partial charge in [0.2, 0.25) is 5.91 Å². The van der Waals surface area contributed by atoms with Crippen molar-refractivity contribution >= 4 is 21.6 Å². The van der Waals surface area contributed by atoms with Crippen molar-refractivity contribution in [2.24, 2.45) is 0 Å². The molecule has 0 N–H and O–H groups in total. The number of rotatable bonds is 10. The molecular formula is C30H30N2O3S. The Hall–Kier alpha value is -3.90. The molecule has 0 fully saturated rings. The van der Waals surface area contributed by atoms with Crippen LogP contribution in [0.5, 0.6) is 0 Å². The zero-order valence-electron chi connectivity index (χ0n) is 20.3. The van der Waals surface area contributed by atoms with Crippen molar-refractivity contribution < 1.29 is 13.2 Å². The first-order valence-corrected chi connectivity index (χ1v) is 13.4.